The van der Waals surface area contributed by atoms with Crippen molar-refractivity contribution in [2.24, 2.45) is 0 Å². The minimum absolute atomic E-state index is 0.250. The minimum Gasteiger partial charge on any atom is -0.633 e. The molecule has 0 aromatic rings. The van der Waals surface area contributed by atoms with Crippen LogP contribution in [0.2, 0.25) is 0 Å². The van der Waals surface area contributed by atoms with Crippen LogP contribution >= 0.6 is 23.5 Å². The number of rotatable bonds is 0. The third kappa shape index (κ3) is 86900. The molecule has 0 heterocycles. The first-order chi connectivity index (χ1) is 8.00. The summed E-state index contributed by atoms with van der Waals surface area (Å²) >= 11 is 0. The van der Waals surface area contributed by atoms with E-state index in [1.807, 2.05) is 0 Å². The highest BCUT2D eigenvalue weighted by Crippen LogP contribution is 2.26. The van der Waals surface area contributed by atoms with Crippen LogP contribution in [-0.2, 0) is 13.7 Å². The second-order valence-electron chi connectivity index (χ2n) is 3.43. The molecule has 0 aromatic heterocycles. The van der Waals surface area contributed by atoms with E-state index in [-0.39, 0.29) is 4.65 Å². The van der Waals surface area contributed by atoms with E-state index in [1.54, 1.807) is 21.1 Å². The second-order valence-corrected chi connectivity index (χ2v) is 6.51. The molecule has 0 unspecified atom stereocenters. The number of hydrogen-bond acceptors (Lipinski definition) is 4. The molecule has 0 spiro atoms. The molecular weight excluding hydrogens is 351 g/mol. The van der Waals surface area contributed by atoms with Gasteiger partial charge in [0.2, 0.25) is 0 Å². The molecule has 0 aliphatic rings. The molecule has 0 aliphatic carbocycles. The van der Waals surface area contributed by atoms with Gasteiger partial charge in [0.15, 0.2) is 0 Å². The lowest BCUT2D eigenvalue weighted by Crippen LogP contribution is -2.25. The van der Waals surface area contributed by atoms with Crippen LogP contribution in [0.4, 0.5) is 0 Å². The highest BCUT2D eigenvalue weighted by molar-refractivity contribution is 7.45. The summed E-state index contributed by atoms with van der Waals surface area (Å²) in [7, 11) is -9.21. The Hall–Kier alpha value is 0.250. The lowest BCUT2D eigenvalue weighted by atomic mass is 11.0. The van der Waals surface area contributed by atoms with Crippen molar-refractivity contribution in [3.05, 3.63) is 5.21 Å². The number of nitrogens with zero attached hydrogens (tertiary/aromatic N) is 1. The van der Waals surface area contributed by atoms with Gasteiger partial charge >= 0.3 is 23.5 Å². The third-order valence-corrected chi connectivity index (χ3v) is 0. The van der Waals surface area contributed by atoms with Crippen molar-refractivity contribution in [3.63, 3.8) is 0 Å². The zero-order valence-corrected chi connectivity index (χ0v) is 13.1. The Morgan fingerprint density at radius 1 is 0.600 bits per heavy atom. The fourth-order valence-electron chi connectivity index (χ4n) is 0. The zero-order valence-electron chi connectivity index (χ0n) is 10.4. The number of phosphoric acid groups is 3. The molecule has 128 valence electrons. The minimum atomic E-state index is -4.64. The Kier molecular flexibility index (Phi) is 15.5. The van der Waals surface area contributed by atoms with Crippen molar-refractivity contribution < 1.29 is 62.4 Å². The van der Waals surface area contributed by atoms with Gasteiger partial charge in [-0.05, 0) is 0 Å². The van der Waals surface area contributed by atoms with Crippen molar-refractivity contribution in [1.82, 2.24) is 0 Å². The predicted octanol–water partition coefficient (Wildman–Crippen LogP) is -2.60. The standard InChI is InChI=1S/C3H9NO.3H3O4P/c1-4(2,3)5;3*1-5(2,3)4/h1-3H3;3*(H3,1,2,3,4). The summed E-state index contributed by atoms with van der Waals surface area (Å²) < 4.78 is 26.4. The Morgan fingerprint density at radius 3 is 0.600 bits per heavy atom. The first-order valence-corrected chi connectivity index (χ1v) is 8.57. The van der Waals surface area contributed by atoms with E-state index in [4.69, 9.17) is 57.7 Å². The molecule has 0 aromatic carbocycles. The average molecular weight is 369 g/mol. The van der Waals surface area contributed by atoms with E-state index < -0.39 is 23.5 Å². The maximum atomic E-state index is 10.0. The maximum Gasteiger partial charge on any atom is 0.466 e. The lowest BCUT2D eigenvalue weighted by molar-refractivity contribution is -0.818. The van der Waals surface area contributed by atoms with Crippen LogP contribution < -0.4 is 0 Å². The first kappa shape index (κ1) is 28.4. The Labute approximate surface area is 113 Å². The van der Waals surface area contributed by atoms with Gasteiger partial charge in [-0.2, -0.15) is 0 Å². The summed E-state index contributed by atoms with van der Waals surface area (Å²) in [6.45, 7) is 0. The summed E-state index contributed by atoms with van der Waals surface area (Å²) in [5, 5.41) is 10.0. The highest BCUT2D eigenvalue weighted by atomic mass is 31.2. The van der Waals surface area contributed by atoms with E-state index in [1.165, 1.54) is 0 Å². The molecule has 9 N–H and O–H groups in total. The van der Waals surface area contributed by atoms with E-state index in [9.17, 15) is 5.21 Å². The quantitative estimate of drug-likeness (QED) is 0.121. The fraction of sp³-hybridized carbons (Fsp3) is 1.00. The van der Waals surface area contributed by atoms with E-state index in [0.29, 0.717) is 0 Å². The number of quaternary nitrogens is 1. The Balaban J connectivity index is -0.0000000853. The van der Waals surface area contributed by atoms with Gasteiger partial charge in [0, 0.05) is 0 Å². The molecule has 0 fully saturated rings. The van der Waals surface area contributed by atoms with Gasteiger partial charge in [-0.15, -0.1) is 0 Å². The lowest BCUT2D eigenvalue weighted by Gasteiger charge is -2.27. The normalized spacial score (nSPS) is 11.8. The number of hydrogen-bond donors (Lipinski definition) is 9. The van der Waals surface area contributed by atoms with Gasteiger partial charge < -0.3 is 53.9 Å². The van der Waals surface area contributed by atoms with Crippen molar-refractivity contribution >= 4 is 23.5 Å². The summed E-state index contributed by atoms with van der Waals surface area (Å²) in [6.07, 6.45) is 0. The smallest absolute Gasteiger partial charge is 0.466 e. The van der Waals surface area contributed by atoms with Crippen molar-refractivity contribution in [1.29, 1.82) is 0 Å². The summed E-state index contributed by atoms with van der Waals surface area (Å²) in [5.74, 6) is 0. The second kappa shape index (κ2) is 10.9. The molecule has 0 bridgehead atoms. The van der Waals surface area contributed by atoms with Crippen LogP contribution in [0, 0.1) is 5.21 Å². The highest BCUT2D eigenvalue weighted by Gasteiger charge is 2.01. The molecule has 0 saturated carbocycles. The SMILES string of the molecule is C[N+](C)(C)[O-].O=P(O)(O)O.O=P(O)(O)O.O=P(O)(O)O. The summed E-state index contributed by atoms with van der Waals surface area (Å²) in [6, 6.07) is 0. The van der Waals surface area contributed by atoms with E-state index in [2.05, 4.69) is 0 Å². The topological polar surface area (TPSA) is 256 Å². The van der Waals surface area contributed by atoms with Crippen LogP contribution in [0.5, 0.6) is 0 Å². The average Bonchev–Trinajstić information content (AvgIpc) is 1.62. The Morgan fingerprint density at radius 2 is 0.600 bits per heavy atom. The largest absolute Gasteiger partial charge is 0.633 e. The maximum absolute atomic E-state index is 10.0. The van der Waals surface area contributed by atoms with Crippen LogP contribution in [0.25, 0.3) is 0 Å². The molecule has 0 saturated heterocycles. The van der Waals surface area contributed by atoms with E-state index >= 15 is 0 Å². The predicted molar refractivity (Wildman–Crippen MR) is 64.2 cm³/mol. The summed E-state index contributed by atoms with van der Waals surface area (Å²) in [4.78, 5) is 64.7. The Bertz CT molecular complexity index is 277. The van der Waals surface area contributed by atoms with Gasteiger partial charge in [-0.1, -0.05) is 0 Å². The molecule has 14 nitrogen and oxygen atoms in total. The van der Waals surface area contributed by atoms with Crippen LogP contribution in [-0.4, -0.2) is 69.8 Å². The van der Waals surface area contributed by atoms with Crippen LogP contribution in [0.15, 0.2) is 0 Å². The molecule has 0 aliphatic heterocycles. The fourth-order valence-corrected chi connectivity index (χ4v) is 0. The monoisotopic (exact) mass is 369 g/mol. The van der Waals surface area contributed by atoms with Gasteiger partial charge in [-0.25, -0.2) is 13.7 Å². The molecule has 17 heteroatoms. The van der Waals surface area contributed by atoms with Crippen LogP contribution in [0.1, 0.15) is 0 Å². The van der Waals surface area contributed by atoms with E-state index in [0.717, 1.165) is 0 Å². The van der Waals surface area contributed by atoms with Gasteiger partial charge in [0.25, 0.3) is 0 Å². The zero-order chi connectivity index (χ0) is 18.0. The molecule has 0 atom stereocenters. The molecule has 0 rings (SSSR count). The molecule has 20 heavy (non-hydrogen) atoms. The molecule has 0 radical (unpaired) electrons. The molecule has 0 amide bonds. The summed E-state index contributed by atoms with van der Waals surface area (Å²) in [5.41, 5.74) is 0. The van der Waals surface area contributed by atoms with Crippen molar-refractivity contribution in [2.75, 3.05) is 21.1 Å². The first-order valence-electron chi connectivity index (χ1n) is 3.87. The number of hydroxylamine groups is 3. The van der Waals surface area contributed by atoms with Gasteiger partial charge in [0.1, 0.15) is 0 Å². The third-order valence-electron chi connectivity index (χ3n) is 0. The van der Waals surface area contributed by atoms with Crippen LogP contribution in [0.3, 0.4) is 0 Å². The van der Waals surface area contributed by atoms with Crippen molar-refractivity contribution in [2.45, 2.75) is 0 Å². The van der Waals surface area contributed by atoms with Crippen molar-refractivity contribution in [3.8, 4) is 0 Å². The van der Waals surface area contributed by atoms with Gasteiger partial charge in [0.05, 0.1) is 21.1 Å². The molecular formula is C3H18NO13P3. The van der Waals surface area contributed by atoms with Gasteiger partial charge in [-0.3, -0.25) is 0 Å².